The number of rotatable bonds is 2. The molecule has 0 aliphatic carbocycles. The zero-order valence-electron chi connectivity index (χ0n) is 6.15. The van der Waals surface area contributed by atoms with Gasteiger partial charge in [0.1, 0.15) is 0 Å². The Labute approximate surface area is 76.7 Å². The Kier molecular flexibility index (Phi) is 16.6. The van der Waals surface area contributed by atoms with Gasteiger partial charge in [0.15, 0.2) is 0 Å². The van der Waals surface area contributed by atoms with Gasteiger partial charge in [0.05, 0.1) is 0 Å². The van der Waals surface area contributed by atoms with Crippen molar-refractivity contribution in [1.82, 2.24) is 7.71 Å². The molecule has 0 saturated carbocycles. The van der Waals surface area contributed by atoms with E-state index in [0.717, 1.165) is 0 Å². The summed E-state index contributed by atoms with van der Waals surface area (Å²) in [7, 11) is 8.44. The molecular weight excluding hydrogens is 220 g/mol. The summed E-state index contributed by atoms with van der Waals surface area (Å²) in [5.74, 6) is 0. The predicted molar refractivity (Wildman–Crippen MR) is 33.1 cm³/mol. The Morgan fingerprint density at radius 1 is 0.778 bits per heavy atom. The van der Waals surface area contributed by atoms with Crippen molar-refractivity contribution in [2.45, 2.75) is 0 Å². The van der Waals surface area contributed by atoms with Gasteiger partial charge >= 0.3 is 51.8 Å². The van der Waals surface area contributed by atoms with E-state index in [0.29, 0.717) is 0 Å². The first-order chi connectivity index (χ1) is 3.13. The van der Waals surface area contributed by atoms with Gasteiger partial charge in [-0.1, -0.05) is 0 Å². The third-order valence-electron chi connectivity index (χ3n) is 0.400. The summed E-state index contributed by atoms with van der Waals surface area (Å²) in [6.45, 7) is 0. The average molecular weight is 232 g/mol. The largest absolute Gasteiger partial charge is 1.00 e. The van der Waals surface area contributed by atoms with Crippen LogP contribution in [0.25, 0.3) is 0 Å². The summed E-state index contributed by atoms with van der Waals surface area (Å²) < 4.78 is 4.50. The first-order valence-electron chi connectivity index (χ1n) is 2.24. The van der Waals surface area contributed by atoms with Crippen LogP contribution in [0.4, 0.5) is 0 Å². The van der Waals surface area contributed by atoms with E-state index >= 15 is 0 Å². The van der Waals surface area contributed by atoms with Gasteiger partial charge < -0.3 is 24.8 Å². The Morgan fingerprint density at radius 3 is 1.00 bits per heavy atom. The minimum Gasteiger partial charge on any atom is -1.00 e. The fourth-order valence-corrected chi connectivity index (χ4v) is 2.08. The molecule has 0 heterocycles. The number of nitrogens with zero attached hydrogens (tertiary/aromatic N) is 2. The molecule has 9 heavy (non-hydrogen) atoms. The van der Waals surface area contributed by atoms with Gasteiger partial charge in [-0.15, -0.1) is 0 Å². The Morgan fingerprint density at radius 2 is 1.00 bits per heavy atom. The summed E-state index contributed by atoms with van der Waals surface area (Å²) in [6, 6.07) is 0. The zero-order valence-corrected chi connectivity index (χ0v) is 9.76. The van der Waals surface area contributed by atoms with E-state index in [2.05, 4.69) is 35.9 Å². The zero-order chi connectivity index (χ0) is 5.86. The molecule has 5 heteroatoms. The Bertz CT molecular complexity index is 45.8. The topological polar surface area (TPSA) is 6.48 Å². The molecule has 0 saturated heterocycles. The molecule has 0 unspecified atom stereocenters. The second-order valence-electron chi connectivity index (χ2n) is 1.89. The minimum absolute atomic E-state index is 0. The van der Waals surface area contributed by atoms with Crippen LogP contribution in [0.3, 0.4) is 0 Å². The molecule has 0 aliphatic rings. The molecule has 0 rings (SSSR count). The van der Waals surface area contributed by atoms with E-state index in [4.69, 9.17) is 0 Å². The van der Waals surface area contributed by atoms with Crippen LogP contribution in [0.1, 0.15) is 0 Å². The molecule has 0 fully saturated rings. The minimum atomic E-state index is 0. The van der Waals surface area contributed by atoms with Gasteiger partial charge in [-0.3, -0.25) is 0 Å². The second-order valence-corrected chi connectivity index (χ2v) is 6.06. The van der Waals surface area contributed by atoms with E-state index < -0.39 is 0 Å². The summed E-state index contributed by atoms with van der Waals surface area (Å²) in [5, 5.41) is 0. The van der Waals surface area contributed by atoms with E-state index in [-0.39, 0.29) is 40.7 Å². The van der Waals surface area contributed by atoms with Crippen LogP contribution in [0, 0.1) is 0 Å². The maximum absolute atomic E-state index is 2.25. The van der Waals surface area contributed by atoms with Crippen molar-refractivity contribution in [2.24, 2.45) is 0 Å². The van der Waals surface area contributed by atoms with Gasteiger partial charge in [0.25, 0.3) is 0 Å². The van der Waals surface area contributed by atoms with Crippen LogP contribution in [0.2, 0.25) is 0 Å². The summed E-state index contributed by atoms with van der Waals surface area (Å²) >= 11 is 0.0556. The van der Waals surface area contributed by atoms with E-state index in [1.807, 2.05) is 0 Å². The number of hydrogen-bond acceptors (Lipinski definition) is 2. The molecule has 0 radical (unpaired) electrons. The molecule has 0 atom stereocenters. The van der Waals surface area contributed by atoms with Gasteiger partial charge in [-0.2, -0.15) is 0 Å². The Hall–Kier alpha value is 1.04. The standard InChI is InChI=1S/C4H12GeN2.2ClH/c1-6(2)5-7(3)4;;/h1-4H3;2*1H/q+2;;/p-2. The van der Waals surface area contributed by atoms with E-state index in [1.54, 1.807) is 0 Å². The van der Waals surface area contributed by atoms with Crippen LogP contribution in [0.15, 0.2) is 0 Å². The molecule has 0 bridgehead atoms. The van der Waals surface area contributed by atoms with Crippen molar-refractivity contribution in [2.75, 3.05) is 28.2 Å². The van der Waals surface area contributed by atoms with Gasteiger partial charge in [0, 0.05) is 0 Å². The van der Waals surface area contributed by atoms with Crippen molar-refractivity contribution >= 4 is 15.9 Å². The predicted octanol–water partition coefficient (Wildman–Crippen LogP) is -6.35. The SMILES string of the molecule is C[N](C)[Ge+2][N](C)C.[Cl-].[Cl-]. The van der Waals surface area contributed by atoms with Crippen molar-refractivity contribution in [1.29, 1.82) is 0 Å². The molecule has 56 valence electrons. The number of halogens is 2. The molecule has 0 spiro atoms. The van der Waals surface area contributed by atoms with E-state index in [9.17, 15) is 0 Å². The second kappa shape index (κ2) is 9.04. The molecule has 0 aromatic rings. The molecule has 0 amide bonds. The third kappa shape index (κ3) is 17.6. The molecule has 0 aromatic heterocycles. The van der Waals surface area contributed by atoms with Gasteiger partial charge in [0.2, 0.25) is 0 Å². The van der Waals surface area contributed by atoms with Gasteiger partial charge in [-0.25, -0.2) is 0 Å². The summed E-state index contributed by atoms with van der Waals surface area (Å²) in [5.41, 5.74) is 0. The smallest absolute Gasteiger partial charge is 1.00 e. The fourth-order valence-electron chi connectivity index (χ4n) is 0.400. The van der Waals surface area contributed by atoms with Crippen LogP contribution in [-0.2, 0) is 0 Å². The molecule has 0 N–H and O–H groups in total. The first-order valence-corrected chi connectivity index (χ1v) is 4.11. The fraction of sp³-hybridized carbons (Fsp3) is 1.00. The third-order valence-corrected chi connectivity index (χ3v) is 2.08. The summed E-state index contributed by atoms with van der Waals surface area (Å²) in [4.78, 5) is 0. The maximum atomic E-state index is 2.25. The van der Waals surface area contributed by atoms with Crippen molar-refractivity contribution in [3.63, 3.8) is 0 Å². The molecule has 0 aromatic carbocycles. The normalized spacial score (nSPS) is 7.78. The number of hydrogen-bond donors (Lipinski definition) is 0. The molecular formula is C4H12Cl2GeN2. The molecule has 2 nitrogen and oxygen atoms in total. The monoisotopic (exact) mass is 232 g/mol. The Balaban J connectivity index is -0.000000180. The van der Waals surface area contributed by atoms with Crippen LogP contribution < -0.4 is 24.8 Å². The van der Waals surface area contributed by atoms with Crippen molar-refractivity contribution in [3.8, 4) is 0 Å². The van der Waals surface area contributed by atoms with Crippen LogP contribution in [-0.4, -0.2) is 51.8 Å². The van der Waals surface area contributed by atoms with Crippen LogP contribution in [0.5, 0.6) is 0 Å². The average Bonchev–Trinajstić information content (AvgIpc) is 1.27. The maximum Gasteiger partial charge on any atom is -1.00 e. The van der Waals surface area contributed by atoms with Gasteiger partial charge in [-0.05, 0) is 0 Å². The van der Waals surface area contributed by atoms with Crippen LogP contribution >= 0.6 is 0 Å². The van der Waals surface area contributed by atoms with E-state index in [1.165, 1.54) is 0 Å². The first kappa shape index (κ1) is 16.6. The summed E-state index contributed by atoms with van der Waals surface area (Å²) in [6.07, 6.45) is 0. The van der Waals surface area contributed by atoms with Crippen molar-refractivity contribution < 1.29 is 24.8 Å². The quantitative estimate of drug-likeness (QED) is 0.437. The van der Waals surface area contributed by atoms with Crippen molar-refractivity contribution in [3.05, 3.63) is 0 Å². The molecule has 0 aliphatic heterocycles.